The summed E-state index contributed by atoms with van der Waals surface area (Å²) < 4.78 is 1.68. The van der Waals surface area contributed by atoms with Crippen molar-refractivity contribution in [1.82, 2.24) is 19.7 Å². The molecule has 0 saturated carbocycles. The molecule has 3 aromatic rings. The van der Waals surface area contributed by atoms with E-state index in [4.69, 9.17) is 4.84 Å². The molecule has 7 nitrogen and oxygen atoms in total. The summed E-state index contributed by atoms with van der Waals surface area (Å²) in [6.07, 6.45) is 7.27. The predicted octanol–water partition coefficient (Wildman–Crippen LogP) is 3.49. The number of hydrogen-bond acceptors (Lipinski definition) is 5. The predicted molar refractivity (Wildman–Crippen MR) is 119 cm³/mol. The first kappa shape index (κ1) is 20.8. The van der Waals surface area contributed by atoms with Gasteiger partial charge in [-0.2, -0.15) is 5.10 Å². The van der Waals surface area contributed by atoms with E-state index < -0.39 is 6.10 Å². The van der Waals surface area contributed by atoms with Gasteiger partial charge < -0.3 is 9.74 Å². The number of hydrogen-bond donors (Lipinski definition) is 0. The van der Waals surface area contributed by atoms with Crippen LogP contribution >= 0.6 is 0 Å². The average Bonchev–Trinajstić information content (AvgIpc) is 3.35. The Kier molecular flexibility index (Phi) is 6.72. The number of carbonyl (C=O) groups excluding carboxylic acids is 1. The van der Waals surface area contributed by atoms with Gasteiger partial charge in [0.2, 0.25) is 6.10 Å². The molecule has 1 atom stereocenters. The summed E-state index contributed by atoms with van der Waals surface area (Å²) in [5.41, 5.74) is 3.16. The molecule has 1 aliphatic rings. The second-order valence-corrected chi connectivity index (χ2v) is 7.87. The van der Waals surface area contributed by atoms with Gasteiger partial charge in [-0.05, 0) is 55.4 Å². The van der Waals surface area contributed by atoms with Gasteiger partial charge in [-0.15, -0.1) is 0 Å². The zero-order chi connectivity index (χ0) is 21.5. The summed E-state index contributed by atoms with van der Waals surface area (Å²) in [6, 6.07) is 18.2. The van der Waals surface area contributed by atoms with Gasteiger partial charge in [0.05, 0.1) is 11.9 Å². The number of amides is 1. The minimum Gasteiger partial charge on any atom is -0.383 e. The second-order valence-electron chi connectivity index (χ2n) is 7.87. The van der Waals surface area contributed by atoms with Crippen LogP contribution in [-0.4, -0.2) is 51.0 Å². The number of carbonyl (C=O) groups is 1. The van der Waals surface area contributed by atoms with Gasteiger partial charge in [0.25, 0.3) is 5.91 Å². The lowest BCUT2D eigenvalue weighted by Crippen LogP contribution is -2.43. The smallest absolute Gasteiger partial charge is 0.266 e. The summed E-state index contributed by atoms with van der Waals surface area (Å²) in [7, 11) is 0. The molecular weight excluding hydrogens is 390 g/mol. The Morgan fingerprint density at radius 3 is 2.58 bits per heavy atom. The zero-order valence-electron chi connectivity index (χ0n) is 17.7. The number of rotatable bonds is 7. The first-order valence-corrected chi connectivity index (χ1v) is 10.7. The van der Waals surface area contributed by atoms with E-state index in [-0.39, 0.29) is 5.91 Å². The lowest BCUT2D eigenvalue weighted by Gasteiger charge is -2.33. The Bertz CT molecular complexity index is 979. The van der Waals surface area contributed by atoms with Crippen LogP contribution in [0.15, 0.2) is 72.4 Å². The van der Waals surface area contributed by atoms with Gasteiger partial charge >= 0.3 is 0 Å². The summed E-state index contributed by atoms with van der Waals surface area (Å²) >= 11 is 0. The van der Waals surface area contributed by atoms with Crippen LogP contribution in [0.25, 0.3) is 5.69 Å². The van der Waals surface area contributed by atoms with E-state index in [2.05, 4.69) is 39.5 Å². The third-order valence-electron chi connectivity index (χ3n) is 5.64. The van der Waals surface area contributed by atoms with E-state index in [1.165, 1.54) is 11.9 Å². The molecule has 0 bridgehead atoms. The van der Waals surface area contributed by atoms with Gasteiger partial charge in [-0.1, -0.05) is 47.6 Å². The molecular formula is C24H27N5O2. The van der Waals surface area contributed by atoms with Crippen LogP contribution in [0.4, 0.5) is 0 Å². The molecule has 2 heterocycles. The molecule has 0 radical (unpaired) electrons. The SMILES string of the molecule is CC(ON=Cc1ccc(-n2cncn2)cc1)C(=O)N1CCC(Cc2ccccc2)CC1. The van der Waals surface area contributed by atoms with Crippen LogP contribution in [0.5, 0.6) is 0 Å². The van der Waals surface area contributed by atoms with Crippen molar-refractivity contribution >= 4 is 12.1 Å². The highest BCUT2D eigenvalue weighted by molar-refractivity contribution is 5.81. The lowest BCUT2D eigenvalue weighted by atomic mass is 9.90. The quantitative estimate of drug-likeness (QED) is 0.436. The third-order valence-corrected chi connectivity index (χ3v) is 5.64. The Morgan fingerprint density at radius 2 is 1.90 bits per heavy atom. The molecule has 1 amide bonds. The normalized spacial score (nSPS) is 15.8. The first-order valence-electron chi connectivity index (χ1n) is 10.7. The largest absolute Gasteiger partial charge is 0.383 e. The van der Waals surface area contributed by atoms with Gasteiger partial charge in [-0.25, -0.2) is 9.67 Å². The highest BCUT2D eigenvalue weighted by atomic mass is 16.6. The van der Waals surface area contributed by atoms with Crippen LogP contribution in [0.2, 0.25) is 0 Å². The van der Waals surface area contributed by atoms with Crippen molar-refractivity contribution in [1.29, 1.82) is 0 Å². The summed E-state index contributed by atoms with van der Waals surface area (Å²) in [6.45, 7) is 3.30. The lowest BCUT2D eigenvalue weighted by molar-refractivity contribution is -0.144. The van der Waals surface area contributed by atoms with E-state index in [9.17, 15) is 4.79 Å². The molecule has 7 heteroatoms. The van der Waals surface area contributed by atoms with Crippen molar-refractivity contribution in [3.63, 3.8) is 0 Å². The molecule has 4 rings (SSSR count). The van der Waals surface area contributed by atoms with E-state index in [1.54, 1.807) is 24.1 Å². The standard InChI is InChI=1S/C24H27N5O2/c1-19(31-27-16-22-7-9-23(10-8-22)29-18-25-17-26-29)24(30)28-13-11-21(12-14-28)15-20-5-3-2-4-6-20/h2-10,16-19,21H,11-15H2,1H3. The van der Waals surface area contributed by atoms with E-state index in [0.29, 0.717) is 5.92 Å². The van der Waals surface area contributed by atoms with Crippen LogP contribution in [0.3, 0.4) is 0 Å². The average molecular weight is 418 g/mol. The molecule has 1 unspecified atom stereocenters. The molecule has 160 valence electrons. The maximum Gasteiger partial charge on any atom is 0.266 e. The number of piperidine rings is 1. The van der Waals surface area contributed by atoms with Crippen LogP contribution in [0, 0.1) is 5.92 Å². The maximum atomic E-state index is 12.7. The van der Waals surface area contributed by atoms with Crippen molar-refractivity contribution < 1.29 is 9.63 Å². The Labute approximate surface area is 182 Å². The monoisotopic (exact) mass is 417 g/mol. The summed E-state index contributed by atoms with van der Waals surface area (Å²) in [4.78, 5) is 24.0. The van der Waals surface area contributed by atoms with E-state index >= 15 is 0 Å². The van der Waals surface area contributed by atoms with Crippen LogP contribution in [0.1, 0.15) is 30.9 Å². The Balaban J connectivity index is 1.22. The molecule has 1 saturated heterocycles. The summed E-state index contributed by atoms with van der Waals surface area (Å²) in [5, 5.41) is 8.11. The number of aromatic nitrogens is 3. The van der Waals surface area contributed by atoms with E-state index in [0.717, 1.165) is 43.6 Å². The van der Waals surface area contributed by atoms with Crippen LogP contribution in [-0.2, 0) is 16.1 Å². The maximum absolute atomic E-state index is 12.7. The van der Waals surface area contributed by atoms with Crippen molar-refractivity contribution in [2.75, 3.05) is 13.1 Å². The molecule has 2 aromatic carbocycles. The first-order chi connectivity index (χ1) is 15.2. The van der Waals surface area contributed by atoms with Crippen molar-refractivity contribution in [3.05, 3.63) is 78.4 Å². The Morgan fingerprint density at radius 1 is 1.16 bits per heavy atom. The fourth-order valence-corrected chi connectivity index (χ4v) is 3.84. The third kappa shape index (κ3) is 5.57. The molecule has 1 aliphatic heterocycles. The highest BCUT2D eigenvalue weighted by Gasteiger charge is 2.27. The molecule has 0 spiro atoms. The molecule has 1 fully saturated rings. The number of likely N-dealkylation sites (tertiary alicyclic amines) is 1. The molecule has 1 aromatic heterocycles. The van der Waals surface area contributed by atoms with Crippen LogP contribution < -0.4 is 0 Å². The van der Waals surface area contributed by atoms with Gasteiger partial charge in [-0.3, -0.25) is 4.79 Å². The topological polar surface area (TPSA) is 72.6 Å². The molecule has 0 aliphatic carbocycles. The fourth-order valence-electron chi connectivity index (χ4n) is 3.84. The van der Waals surface area contributed by atoms with Crippen molar-refractivity contribution in [3.8, 4) is 5.69 Å². The number of benzene rings is 2. The Hall–Kier alpha value is -3.48. The molecule has 0 N–H and O–H groups in total. The molecule has 31 heavy (non-hydrogen) atoms. The van der Waals surface area contributed by atoms with Crippen molar-refractivity contribution in [2.45, 2.75) is 32.3 Å². The fraction of sp³-hybridized carbons (Fsp3) is 0.333. The number of oxime groups is 1. The highest BCUT2D eigenvalue weighted by Crippen LogP contribution is 2.22. The van der Waals surface area contributed by atoms with Crippen molar-refractivity contribution in [2.24, 2.45) is 11.1 Å². The minimum absolute atomic E-state index is 0.00292. The number of nitrogens with zero attached hydrogens (tertiary/aromatic N) is 5. The van der Waals surface area contributed by atoms with Gasteiger partial charge in [0.15, 0.2) is 0 Å². The minimum atomic E-state index is -0.601. The second kappa shape index (κ2) is 10.0. The van der Waals surface area contributed by atoms with Gasteiger partial charge in [0.1, 0.15) is 12.7 Å². The van der Waals surface area contributed by atoms with Gasteiger partial charge in [0, 0.05) is 13.1 Å². The summed E-state index contributed by atoms with van der Waals surface area (Å²) in [5.74, 6) is 0.623. The van der Waals surface area contributed by atoms with E-state index in [1.807, 2.05) is 35.2 Å². The zero-order valence-corrected chi connectivity index (χ0v) is 17.7.